The Morgan fingerprint density at radius 2 is 1.77 bits per heavy atom. The SMILES string of the molecule is CC(=O)N(CC(=O)Nc1cccc(C)c1)c1ccc(N2CCCC2)cc1. The molecule has 1 saturated heterocycles. The number of benzene rings is 2. The minimum atomic E-state index is -0.214. The van der Waals surface area contributed by atoms with Crippen molar-refractivity contribution < 1.29 is 9.59 Å². The van der Waals surface area contributed by atoms with Crippen LogP contribution < -0.4 is 15.1 Å². The van der Waals surface area contributed by atoms with E-state index < -0.39 is 0 Å². The highest BCUT2D eigenvalue weighted by molar-refractivity contribution is 6.01. The lowest BCUT2D eigenvalue weighted by atomic mass is 10.2. The molecule has 3 rings (SSSR count). The molecule has 136 valence electrons. The molecule has 0 aromatic heterocycles. The second-order valence-corrected chi connectivity index (χ2v) is 6.73. The van der Waals surface area contributed by atoms with Crippen LogP contribution in [-0.2, 0) is 9.59 Å². The van der Waals surface area contributed by atoms with E-state index >= 15 is 0 Å². The highest BCUT2D eigenvalue weighted by Crippen LogP contribution is 2.24. The summed E-state index contributed by atoms with van der Waals surface area (Å²) in [4.78, 5) is 28.3. The number of amides is 2. The maximum absolute atomic E-state index is 12.4. The lowest BCUT2D eigenvalue weighted by molar-refractivity contribution is -0.120. The quantitative estimate of drug-likeness (QED) is 0.896. The second kappa shape index (κ2) is 8.04. The highest BCUT2D eigenvalue weighted by atomic mass is 16.2. The fourth-order valence-electron chi connectivity index (χ4n) is 3.27. The predicted octanol–water partition coefficient (Wildman–Crippen LogP) is 3.59. The number of nitrogens with zero attached hydrogens (tertiary/aromatic N) is 2. The van der Waals surface area contributed by atoms with E-state index in [9.17, 15) is 9.59 Å². The van der Waals surface area contributed by atoms with Gasteiger partial charge >= 0.3 is 0 Å². The molecule has 0 aliphatic carbocycles. The molecule has 1 heterocycles. The van der Waals surface area contributed by atoms with Crippen LogP contribution in [0.4, 0.5) is 17.1 Å². The van der Waals surface area contributed by atoms with Gasteiger partial charge in [-0.1, -0.05) is 12.1 Å². The summed E-state index contributed by atoms with van der Waals surface area (Å²) in [7, 11) is 0. The van der Waals surface area contributed by atoms with Gasteiger partial charge in [0.05, 0.1) is 0 Å². The van der Waals surface area contributed by atoms with E-state index in [1.165, 1.54) is 30.4 Å². The van der Waals surface area contributed by atoms with Crippen molar-refractivity contribution in [2.75, 3.05) is 34.8 Å². The first-order valence-electron chi connectivity index (χ1n) is 9.02. The monoisotopic (exact) mass is 351 g/mol. The fraction of sp³-hybridized carbons (Fsp3) is 0.333. The molecule has 2 aromatic carbocycles. The van der Waals surface area contributed by atoms with Crippen LogP contribution in [0.2, 0.25) is 0 Å². The molecular weight excluding hydrogens is 326 g/mol. The molecule has 0 bridgehead atoms. The summed E-state index contributed by atoms with van der Waals surface area (Å²) in [6.45, 7) is 5.60. The van der Waals surface area contributed by atoms with Crippen LogP contribution in [-0.4, -0.2) is 31.4 Å². The van der Waals surface area contributed by atoms with Crippen LogP contribution in [0, 0.1) is 6.92 Å². The number of hydrogen-bond acceptors (Lipinski definition) is 3. The Labute approximate surface area is 154 Å². The third-order valence-electron chi connectivity index (χ3n) is 4.62. The lowest BCUT2D eigenvalue weighted by Gasteiger charge is -2.23. The summed E-state index contributed by atoms with van der Waals surface area (Å²) in [5.74, 6) is -0.368. The van der Waals surface area contributed by atoms with Gasteiger partial charge in [0.2, 0.25) is 11.8 Å². The molecule has 26 heavy (non-hydrogen) atoms. The van der Waals surface area contributed by atoms with Gasteiger partial charge in [-0.25, -0.2) is 0 Å². The number of nitrogens with one attached hydrogen (secondary N) is 1. The largest absolute Gasteiger partial charge is 0.372 e. The van der Waals surface area contributed by atoms with Crippen molar-refractivity contribution in [2.45, 2.75) is 26.7 Å². The van der Waals surface area contributed by atoms with E-state index in [1.807, 2.05) is 55.5 Å². The molecule has 0 unspecified atom stereocenters. The third kappa shape index (κ3) is 4.42. The van der Waals surface area contributed by atoms with Crippen molar-refractivity contribution >= 4 is 28.9 Å². The molecule has 1 N–H and O–H groups in total. The van der Waals surface area contributed by atoms with Crippen molar-refractivity contribution in [1.82, 2.24) is 0 Å². The summed E-state index contributed by atoms with van der Waals surface area (Å²) >= 11 is 0. The van der Waals surface area contributed by atoms with Crippen molar-refractivity contribution in [2.24, 2.45) is 0 Å². The number of carbonyl (C=O) groups excluding carboxylic acids is 2. The zero-order chi connectivity index (χ0) is 18.5. The minimum Gasteiger partial charge on any atom is -0.372 e. The Hall–Kier alpha value is -2.82. The molecule has 0 saturated carbocycles. The van der Waals surface area contributed by atoms with Gasteiger partial charge in [-0.2, -0.15) is 0 Å². The number of carbonyl (C=O) groups is 2. The highest BCUT2D eigenvalue weighted by Gasteiger charge is 2.17. The van der Waals surface area contributed by atoms with Crippen LogP contribution >= 0.6 is 0 Å². The van der Waals surface area contributed by atoms with E-state index in [0.29, 0.717) is 0 Å². The Balaban J connectivity index is 1.68. The summed E-state index contributed by atoms with van der Waals surface area (Å²) in [6, 6.07) is 15.5. The molecule has 2 aromatic rings. The summed E-state index contributed by atoms with van der Waals surface area (Å²) in [5.41, 5.74) is 3.71. The van der Waals surface area contributed by atoms with E-state index in [0.717, 1.165) is 30.0 Å². The molecular formula is C21H25N3O2. The van der Waals surface area contributed by atoms with Gasteiger partial charge in [0.15, 0.2) is 0 Å². The number of rotatable bonds is 5. The topological polar surface area (TPSA) is 52.7 Å². The van der Waals surface area contributed by atoms with Crippen LogP contribution in [0.15, 0.2) is 48.5 Å². The second-order valence-electron chi connectivity index (χ2n) is 6.73. The first kappa shape index (κ1) is 18.0. The molecule has 0 radical (unpaired) electrons. The normalized spacial score (nSPS) is 13.5. The van der Waals surface area contributed by atoms with Gasteiger partial charge < -0.3 is 15.1 Å². The van der Waals surface area contributed by atoms with Crippen molar-refractivity contribution in [3.63, 3.8) is 0 Å². The Morgan fingerprint density at radius 3 is 2.38 bits per heavy atom. The number of anilines is 3. The molecule has 0 spiro atoms. The van der Waals surface area contributed by atoms with Crippen molar-refractivity contribution in [1.29, 1.82) is 0 Å². The molecule has 5 heteroatoms. The standard InChI is InChI=1S/C21H25N3O2/c1-16-6-5-7-18(14-16)22-21(26)15-24(17(2)25)20-10-8-19(9-11-20)23-12-3-4-13-23/h5-11,14H,3-4,12-13,15H2,1-2H3,(H,22,26). The van der Waals surface area contributed by atoms with Gasteiger partial charge in [-0.3, -0.25) is 9.59 Å². The average Bonchev–Trinajstić information content (AvgIpc) is 3.14. The average molecular weight is 351 g/mol. The van der Waals surface area contributed by atoms with Gasteiger partial charge in [0.1, 0.15) is 6.54 Å². The zero-order valence-electron chi connectivity index (χ0n) is 15.4. The number of hydrogen-bond donors (Lipinski definition) is 1. The van der Waals surface area contributed by atoms with Crippen LogP contribution in [0.25, 0.3) is 0 Å². The first-order chi connectivity index (χ1) is 12.5. The summed E-state index contributed by atoms with van der Waals surface area (Å²) in [5, 5.41) is 2.85. The first-order valence-corrected chi connectivity index (χ1v) is 9.02. The minimum absolute atomic E-state index is 0.00760. The maximum atomic E-state index is 12.4. The Morgan fingerprint density at radius 1 is 1.08 bits per heavy atom. The Kier molecular flexibility index (Phi) is 5.56. The Bertz CT molecular complexity index is 780. The van der Waals surface area contributed by atoms with Gasteiger partial charge in [-0.05, 0) is 61.7 Å². The van der Waals surface area contributed by atoms with Gasteiger partial charge in [0.25, 0.3) is 0 Å². The third-order valence-corrected chi connectivity index (χ3v) is 4.62. The predicted molar refractivity (Wildman–Crippen MR) is 106 cm³/mol. The maximum Gasteiger partial charge on any atom is 0.244 e. The van der Waals surface area contributed by atoms with Crippen LogP contribution in [0.5, 0.6) is 0 Å². The smallest absolute Gasteiger partial charge is 0.244 e. The van der Waals surface area contributed by atoms with Crippen molar-refractivity contribution in [3.8, 4) is 0 Å². The molecule has 5 nitrogen and oxygen atoms in total. The zero-order valence-corrected chi connectivity index (χ0v) is 15.4. The van der Waals surface area contributed by atoms with E-state index in [-0.39, 0.29) is 18.4 Å². The van der Waals surface area contributed by atoms with E-state index in [4.69, 9.17) is 0 Å². The van der Waals surface area contributed by atoms with Gasteiger partial charge in [0, 0.05) is 37.1 Å². The molecule has 1 aliphatic heterocycles. The van der Waals surface area contributed by atoms with Crippen LogP contribution in [0.1, 0.15) is 25.3 Å². The fourth-order valence-corrected chi connectivity index (χ4v) is 3.27. The van der Waals surface area contributed by atoms with E-state index in [2.05, 4.69) is 10.2 Å². The number of aryl methyl sites for hydroxylation is 1. The lowest BCUT2D eigenvalue weighted by Crippen LogP contribution is -2.36. The van der Waals surface area contributed by atoms with Crippen molar-refractivity contribution in [3.05, 3.63) is 54.1 Å². The van der Waals surface area contributed by atoms with E-state index in [1.54, 1.807) is 0 Å². The molecule has 2 amide bonds. The summed E-state index contributed by atoms with van der Waals surface area (Å²) in [6.07, 6.45) is 2.45. The van der Waals surface area contributed by atoms with Crippen LogP contribution in [0.3, 0.4) is 0 Å². The summed E-state index contributed by atoms with van der Waals surface area (Å²) < 4.78 is 0. The van der Waals surface area contributed by atoms with Gasteiger partial charge in [-0.15, -0.1) is 0 Å². The molecule has 1 aliphatic rings. The molecule has 0 atom stereocenters. The molecule has 1 fully saturated rings.